The van der Waals surface area contributed by atoms with E-state index < -0.39 is 12.2 Å². The summed E-state index contributed by atoms with van der Waals surface area (Å²) in [4.78, 5) is 0. The molecule has 0 saturated heterocycles. The van der Waals surface area contributed by atoms with Crippen molar-refractivity contribution >= 4 is 35.1 Å². The van der Waals surface area contributed by atoms with Gasteiger partial charge in [-0.25, -0.2) is 0 Å². The molecule has 0 heterocycles. The van der Waals surface area contributed by atoms with Gasteiger partial charge in [0, 0.05) is 5.02 Å². The minimum absolute atomic E-state index is 0.323. The molecule has 6 heteroatoms. The fourth-order valence-corrected chi connectivity index (χ4v) is 4.55. The molecule has 0 saturated carbocycles. The highest BCUT2D eigenvalue weighted by Gasteiger charge is 2.35. The zero-order valence-electron chi connectivity index (χ0n) is 9.73. The highest BCUT2D eigenvalue weighted by atomic mass is 79.9. The Kier molecular flexibility index (Phi) is 6.18. The van der Waals surface area contributed by atoms with Crippen molar-refractivity contribution in [2.24, 2.45) is 0 Å². The number of alkyl halides is 1. The van der Waals surface area contributed by atoms with E-state index in [4.69, 9.17) is 20.6 Å². The molecule has 1 unspecified atom stereocenters. The first kappa shape index (κ1) is 15.2. The summed E-state index contributed by atoms with van der Waals surface area (Å²) < 4.78 is 22.5. The van der Waals surface area contributed by atoms with Crippen molar-refractivity contribution in [3.8, 4) is 0 Å². The van der Waals surface area contributed by atoms with Gasteiger partial charge in [-0.15, -0.1) is 0 Å². The summed E-state index contributed by atoms with van der Waals surface area (Å²) in [6.07, 6.45) is 0. The third kappa shape index (κ3) is 3.80. The van der Waals surface area contributed by atoms with Gasteiger partial charge in [0.1, 0.15) is 4.57 Å². The fourth-order valence-electron chi connectivity index (χ4n) is 1.37. The maximum absolute atomic E-state index is 12.5. The Morgan fingerprint density at radius 1 is 1.29 bits per heavy atom. The number of halogens is 2. The van der Waals surface area contributed by atoms with Gasteiger partial charge in [0.05, 0.1) is 13.2 Å². The number of benzene rings is 1. The van der Waals surface area contributed by atoms with Gasteiger partial charge in [-0.05, 0) is 25.5 Å². The average Bonchev–Trinajstić information content (AvgIpc) is 2.29. The molecule has 17 heavy (non-hydrogen) atoms. The highest BCUT2D eigenvalue weighted by molar-refractivity contribution is 9.10. The van der Waals surface area contributed by atoms with Crippen molar-refractivity contribution in [2.75, 3.05) is 13.2 Å². The second kappa shape index (κ2) is 6.91. The lowest BCUT2D eigenvalue weighted by molar-refractivity contribution is 0.219. The van der Waals surface area contributed by atoms with Gasteiger partial charge in [-0.3, -0.25) is 4.57 Å². The molecular formula is C11H15BrClO3P. The predicted octanol–water partition coefficient (Wildman–Crippen LogP) is 5.00. The zero-order valence-corrected chi connectivity index (χ0v) is 13.0. The molecule has 1 atom stereocenters. The molecule has 0 N–H and O–H groups in total. The smallest absolute Gasteiger partial charge is 0.308 e. The Hall–Kier alpha value is 0.140. The van der Waals surface area contributed by atoms with Crippen LogP contribution in [0.4, 0.5) is 0 Å². The Labute approximate surface area is 115 Å². The summed E-state index contributed by atoms with van der Waals surface area (Å²) in [7, 11) is -3.23. The Morgan fingerprint density at radius 2 is 1.82 bits per heavy atom. The van der Waals surface area contributed by atoms with E-state index in [2.05, 4.69) is 15.9 Å². The number of rotatable bonds is 6. The van der Waals surface area contributed by atoms with Gasteiger partial charge in [0.2, 0.25) is 0 Å². The average molecular weight is 342 g/mol. The maximum atomic E-state index is 12.5. The molecule has 0 amide bonds. The summed E-state index contributed by atoms with van der Waals surface area (Å²) in [6.45, 7) is 4.20. The predicted molar refractivity (Wildman–Crippen MR) is 74.0 cm³/mol. The molecule has 0 radical (unpaired) electrons. The molecular weight excluding hydrogens is 326 g/mol. The Bertz CT molecular complexity index is 403. The summed E-state index contributed by atoms with van der Waals surface area (Å²) >= 11 is 9.43. The molecule has 96 valence electrons. The maximum Gasteiger partial charge on any atom is 0.348 e. The van der Waals surface area contributed by atoms with E-state index in [0.717, 1.165) is 0 Å². The van der Waals surface area contributed by atoms with Crippen LogP contribution in [0.25, 0.3) is 0 Å². The van der Waals surface area contributed by atoms with E-state index in [1.807, 2.05) is 12.1 Å². The molecule has 0 aliphatic carbocycles. The van der Waals surface area contributed by atoms with Crippen LogP contribution >= 0.6 is 35.1 Å². The molecule has 0 bridgehead atoms. The van der Waals surface area contributed by atoms with Crippen LogP contribution in [-0.2, 0) is 13.6 Å². The minimum Gasteiger partial charge on any atom is -0.308 e. The largest absolute Gasteiger partial charge is 0.348 e. The van der Waals surface area contributed by atoms with Crippen LogP contribution in [0, 0.1) is 0 Å². The van der Waals surface area contributed by atoms with Crippen molar-refractivity contribution in [3.63, 3.8) is 0 Å². The first-order valence-corrected chi connectivity index (χ1v) is 8.23. The molecule has 0 spiro atoms. The second-order valence-corrected chi connectivity index (χ2v) is 7.38. The number of hydrogen-bond donors (Lipinski definition) is 0. The van der Waals surface area contributed by atoms with Crippen molar-refractivity contribution in [3.05, 3.63) is 34.9 Å². The van der Waals surface area contributed by atoms with Crippen LogP contribution in [0.5, 0.6) is 0 Å². The van der Waals surface area contributed by atoms with Gasteiger partial charge in [-0.1, -0.05) is 45.7 Å². The molecule has 1 aromatic carbocycles. The van der Waals surface area contributed by atoms with Gasteiger partial charge in [0.25, 0.3) is 0 Å². The van der Waals surface area contributed by atoms with Gasteiger partial charge < -0.3 is 9.05 Å². The second-order valence-electron chi connectivity index (χ2n) is 3.23. The molecule has 3 nitrogen and oxygen atoms in total. The molecule has 0 aliphatic heterocycles. The summed E-state index contributed by atoms with van der Waals surface area (Å²) in [5, 5.41) is 0.536. The zero-order chi connectivity index (χ0) is 12.9. The first-order valence-electron chi connectivity index (χ1n) is 5.32. The van der Waals surface area contributed by atoms with E-state index >= 15 is 0 Å². The van der Waals surface area contributed by atoms with Gasteiger partial charge >= 0.3 is 7.60 Å². The summed E-state index contributed by atoms with van der Waals surface area (Å²) in [5.74, 6) is 0. The number of hydrogen-bond acceptors (Lipinski definition) is 3. The lowest BCUT2D eigenvalue weighted by Crippen LogP contribution is -2.02. The quantitative estimate of drug-likeness (QED) is 0.539. The van der Waals surface area contributed by atoms with Crippen molar-refractivity contribution in [1.29, 1.82) is 0 Å². The molecule has 0 aromatic heterocycles. The topological polar surface area (TPSA) is 35.5 Å². The SMILES string of the molecule is CCOP(=O)(OCC)C(Br)c1ccccc1Cl. The van der Waals surface area contributed by atoms with E-state index in [1.165, 1.54) is 0 Å². The molecule has 0 fully saturated rings. The molecule has 1 rings (SSSR count). The van der Waals surface area contributed by atoms with Crippen molar-refractivity contribution in [1.82, 2.24) is 0 Å². The van der Waals surface area contributed by atoms with Gasteiger partial charge in [0.15, 0.2) is 0 Å². The van der Waals surface area contributed by atoms with Crippen LogP contribution in [0.3, 0.4) is 0 Å². The van der Waals surface area contributed by atoms with Crippen molar-refractivity contribution in [2.45, 2.75) is 18.4 Å². The normalized spacial score (nSPS) is 13.6. The Morgan fingerprint density at radius 3 is 2.29 bits per heavy atom. The summed E-state index contributed by atoms with van der Waals surface area (Å²) in [5.41, 5.74) is 0.708. The van der Waals surface area contributed by atoms with Crippen LogP contribution < -0.4 is 0 Å². The van der Waals surface area contributed by atoms with E-state index in [9.17, 15) is 4.57 Å². The Balaban J connectivity index is 3.04. The summed E-state index contributed by atoms with van der Waals surface area (Å²) in [6, 6.07) is 7.19. The van der Waals surface area contributed by atoms with Gasteiger partial charge in [-0.2, -0.15) is 0 Å². The van der Waals surface area contributed by atoms with E-state index in [1.54, 1.807) is 26.0 Å². The molecule has 0 aliphatic rings. The molecule has 1 aromatic rings. The lowest BCUT2D eigenvalue weighted by Gasteiger charge is -2.22. The highest BCUT2D eigenvalue weighted by Crippen LogP contribution is 2.64. The standard InChI is InChI=1S/C11H15BrClO3P/c1-3-15-17(14,16-4-2)11(12)9-7-5-6-8-10(9)13/h5-8,11H,3-4H2,1-2H3. The third-order valence-electron chi connectivity index (χ3n) is 2.06. The fraction of sp³-hybridized carbons (Fsp3) is 0.455. The van der Waals surface area contributed by atoms with Crippen LogP contribution in [0.1, 0.15) is 24.0 Å². The van der Waals surface area contributed by atoms with E-state index in [0.29, 0.717) is 23.8 Å². The van der Waals surface area contributed by atoms with Crippen LogP contribution in [-0.4, -0.2) is 13.2 Å². The third-order valence-corrected chi connectivity index (χ3v) is 6.47. The minimum atomic E-state index is -3.23. The van der Waals surface area contributed by atoms with Crippen LogP contribution in [0.15, 0.2) is 24.3 Å². The monoisotopic (exact) mass is 340 g/mol. The first-order chi connectivity index (χ1) is 8.05. The lowest BCUT2D eigenvalue weighted by atomic mass is 10.2. The van der Waals surface area contributed by atoms with E-state index in [-0.39, 0.29) is 0 Å². The van der Waals surface area contributed by atoms with Crippen molar-refractivity contribution < 1.29 is 13.6 Å². The van der Waals surface area contributed by atoms with Crippen LogP contribution in [0.2, 0.25) is 5.02 Å².